The van der Waals surface area contributed by atoms with Crippen LogP contribution in [0.1, 0.15) is 29.6 Å². The van der Waals surface area contributed by atoms with Gasteiger partial charge in [0.2, 0.25) is 5.56 Å². The van der Waals surface area contributed by atoms with E-state index in [0.717, 1.165) is 12.8 Å². The van der Waals surface area contributed by atoms with E-state index >= 15 is 0 Å². The molecule has 1 heterocycles. The minimum Gasteiger partial charge on any atom is -0.352 e. The summed E-state index contributed by atoms with van der Waals surface area (Å²) in [6.07, 6.45) is 3.45. The molecule has 0 spiro atoms. The van der Waals surface area contributed by atoms with Crippen molar-refractivity contribution in [3.63, 3.8) is 0 Å². The monoisotopic (exact) mass is 219 g/mol. The van der Waals surface area contributed by atoms with Gasteiger partial charge in [0, 0.05) is 25.2 Å². The summed E-state index contributed by atoms with van der Waals surface area (Å²) in [5, 5.41) is 11.0. The third-order valence-electron chi connectivity index (χ3n) is 2.05. The van der Waals surface area contributed by atoms with Gasteiger partial charge in [-0.15, -0.1) is 0 Å². The summed E-state index contributed by atoms with van der Waals surface area (Å²) < 4.78 is 0. The van der Waals surface area contributed by atoms with Gasteiger partial charge in [-0.1, -0.05) is 0 Å². The van der Waals surface area contributed by atoms with Crippen LogP contribution in [-0.2, 0) is 0 Å². The maximum Gasteiger partial charge on any atom is 0.252 e. The lowest BCUT2D eigenvalue weighted by Gasteiger charge is -2.03. The lowest BCUT2D eigenvalue weighted by atomic mass is 10.2. The van der Waals surface area contributed by atoms with Crippen LogP contribution in [0.3, 0.4) is 0 Å². The van der Waals surface area contributed by atoms with Gasteiger partial charge in [-0.3, -0.25) is 9.59 Å². The second-order valence-electron chi connectivity index (χ2n) is 3.31. The molecule has 0 saturated carbocycles. The molecule has 5 heteroatoms. The first-order chi connectivity index (χ1) is 7.74. The van der Waals surface area contributed by atoms with E-state index in [1.807, 2.05) is 6.07 Å². The van der Waals surface area contributed by atoms with Crippen LogP contribution in [0.15, 0.2) is 23.1 Å². The first kappa shape index (κ1) is 12.0. The highest BCUT2D eigenvalue weighted by molar-refractivity contribution is 5.93. The number of H-pyrrole nitrogens is 1. The van der Waals surface area contributed by atoms with Gasteiger partial charge < -0.3 is 10.3 Å². The summed E-state index contributed by atoms with van der Waals surface area (Å²) in [7, 11) is 0. The summed E-state index contributed by atoms with van der Waals surface area (Å²) in [6, 6.07) is 4.83. The van der Waals surface area contributed by atoms with Gasteiger partial charge >= 0.3 is 0 Å². The lowest BCUT2D eigenvalue weighted by Crippen LogP contribution is -2.25. The van der Waals surface area contributed by atoms with Crippen LogP contribution in [-0.4, -0.2) is 17.4 Å². The molecule has 1 amide bonds. The number of rotatable bonds is 5. The maximum absolute atomic E-state index is 11.5. The average Bonchev–Trinajstić information content (AvgIpc) is 2.29. The van der Waals surface area contributed by atoms with E-state index in [1.165, 1.54) is 18.3 Å². The zero-order valence-electron chi connectivity index (χ0n) is 8.82. The molecule has 0 bridgehead atoms. The molecule has 1 aromatic rings. The molecular formula is C11H13N3O2. The number of nitriles is 1. The second-order valence-corrected chi connectivity index (χ2v) is 3.31. The molecule has 0 atom stereocenters. The van der Waals surface area contributed by atoms with Crippen molar-refractivity contribution >= 4 is 5.91 Å². The molecule has 16 heavy (non-hydrogen) atoms. The van der Waals surface area contributed by atoms with Crippen molar-refractivity contribution in [3.8, 4) is 6.07 Å². The first-order valence-corrected chi connectivity index (χ1v) is 5.08. The van der Waals surface area contributed by atoms with Crippen LogP contribution >= 0.6 is 0 Å². The van der Waals surface area contributed by atoms with E-state index < -0.39 is 0 Å². The molecule has 0 aliphatic carbocycles. The fourth-order valence-electron chi connectivity index (χ4n) is 1.18. The van der Waals surface area contributed by atoms with Crippen LogP contribution in [0.4, 0.5) is 0 Å². The Morgan fingerprint density at radius 2 is 2.25 bits per heavy atom. The van der Waals surface area contributed by atoms with E-state index in [-0.39, 0.29) is 11.5 Å². The number of carbonyl (C=O) groups is 1. The Morgan fingerprint density at radius 3 is 2.88 bits per heavy atom. The second kappa shape index (κ2) is 6.40. The predicted octanol–water partition coefficient (Wildman–Crippen LogP) is 0.799. The van der Waals surface area contributed by atoms with Crippen molar-refractivity contribution in [2.24, 2.45) is 0 Å². The number of hydrogen-bond donors (Lipinski definition) is 2. The van der Waals surface area contributed by atoms with Crippen LogP contribution in [0, 0.1) is 11.3 Å². The maximum atomic E-state index is 11.5. The largest absolute Gasteiger partial charge is 0.352 e. The number of aromatic amines is 1. The van der Waals surface area contributed by atoms with Crippen molar-refractivity contribution in [1.29, 1.82) is 5.26 Å². The third-order valence-corrected chi connectivity index (χ3v) is 2.05. The molecular weight excluding hydrogens is 206 g/mol. The molecule has 5 nitrogen and oxygen atoms in total. The number of hydrogen-bond acceptors (Lipinski definition) is 3. The molecule has 84 valence electrons. The Balaban J connectivity index is 2.33. The van der Waals surface area contributed by atoms with Crippen molar-refractivity contribution in [1.82, 2.24) is 10.3 Å². The summed E-state index contributed by atoms with van der Waals surface area (Å²) in [5.74, 6) is -0.215. The third kappa shape index (κ3) is 3.96. The van der Waals surface area contributed by atoms with Gasteiger partial charge in [0.05, 0.1) is 11.6 Å². The quantitative estimate of drug-likeness (QED) is 0.718. The van der Waals surface area contributed by atoms with Crippen LogP contribution < -0.4 is 10.9 Å². The van der Waals surface area contributed by atoms with Gasteiger partial charge in [-0.2, -0.15) is 5.26 Å². The van der Waals surface area contributed by atoms with E-state index in [9.17, 15) is 9.59 Å². The number of unbranched alkanes of at least 4 members (excludes halogenated alkanes) is 2. The molecule has 0 aliphatic rings. The summed E-state index contributed by atoms with van der Waals surface area (Å²) in [5.41, 5.74) is 0.199. The number of aromatic nitrogens is 1. The van der Waals surface area contributed by atoms with Crippen LogP contribution in [0.2, 0.25) is 0 Å². The van der Waals surface area contributed by atoms with Gasteiger partial charge in [0.15, 0.2) is 0 Å². The zero-order valence-corrected chi connectivity index (χ0v) is 8.82. The fraction of sp³-hybridized carbons (Fsp3) is 0.364. The fourth-order valence-corrected chi connectivity index (χ4v) is 1.18. The molecule has 1 rings (SSSR count). The number of nitrogens with one attached hydrogen (secondary N) is 2. The number of nitrogens with zero attached hydrogens (tertiary/aromatic N) is 1. The summed E-state index contributed by atoms with van der Waals surface area (Å²) in [6.45, 7) is 0.541. The average molecular weight is 219 g/mol. The number of carbonyl (C=O) groups excluding carboxylic acids is 1. The van der Waals surface area contributed by atoms with Crippen molar-refractivity contribution in [2.45, 2.75) is 19.3 Å². The smallest absolute Gasteiger partial charge is 0.252 e. The summed E-state index contributed by atoms with van der Waals surface area (Å²) >= 11 is 0. The Bertz CT molecular complexity index is 425. The first-order valence-electron chi connectivity index (χ1n) is 5.08. The van der Waals surface area contributed by atoms with Crippen molar-refractivity contribution in [2.75, 3.05) is 6.54 Å². The van der Waals surface area contributed by atoms with Gasteiger partial charge in [0.1, 0.15) is 0 Å². The Kier molecular flexibility index (Phi) is 4.80. The molecule has 1 aromatic heterocycles. The molecule has 0 aliphatic heterocycles. The van der Waals surface area contributed by atoms with Gasteiger partial charge in [0.25, 0.3) is 5.91 Å². The molecule has 0 aromatic carbocycles. The predicted molar refractivity (Wildman–Crippen MR) is 58.9 cm³/mol. The SMILES string of the molecule is N#CCCCCNC(=O)c1ccc(=O)[nH]c1. The Labute approximate surface area is 93.1 Å². The highest BCUT2D eigenvalue weighted by Gasteiger charge is 2.03. The standard InChI is InChI=1S/C11H13N3O2/c12-6-2-1-3-7-13-11(16)9-4-5-10(15)14-8-9/h4-5,8H,1-3,7H2,(H,13,16)(H,14,15). The lowest BCUT2D eigenvalue weighted by molar-refractivity contribution is 0.0952. The van der Waals surface area contributed by atoms with E-state index in [1.54, 1.807) is 0 Å². The van der Waals surface area contributed by atoms with Crippen molar-refractivity contribution in [3.05, 3.63) is 34.2 Å². The summed E-state index contributed by atoms with van der Waals surface area (Å²) in [4.78, 5) is 24.7. The van der Waals surface area contributed by atoms with Gasteiger partial charge in [-0.25, -0.2) is 0 Å². The molecule has 0 saturated heterocycles. The minimum atomic E-state index is -0.231. The van der Waals surface area contributed by atoms with Crippen LogP contribution in [0.5, 0.6) is 0 Å². The number of pyridine rings is 1. The zero-order chi connectivity index (χ0) is 11.8. The molecule has 0 fully saturated rings. The van der Waals surface area contributed by atoms with E-state index in [4.69, 9.17) is 5.26 Å². The highest BCUT2D eigenvalue weighted by Crippen LogP contribution is 1.95. The molecule has 0 unspecified atom stereocenters. The Hall–Kier alpha value is -2.09. The number of amides is 1. The highest BCUT2D eigenvalue weighted by atomic mass is 16.1. The van der Waals surface area contributed by atoms with Gasteiger partial charge in [-0.05, 0) is 18.9 Å². The molecule has 0 radical (unpaired) electrons. The van der Waals surface area contributed by atoms with E-state index in [2.05, 4.69) is 10.3 Å². The normalized spacial score (nSPS) is 9.44. The molecule has 2 N–H and O–H groups in total. The minimum absolute atomic E-state index is 0.215. The topological polar surface area (TPSA) is 85.8 Å². The van der Waals surface area contributed by atoms with Crippen molar-refractivity contribution < 1.29 is 4.79 Å². The Morgan fingerprint density at radius 1 is 1.44 bits per heavy atom. The van der Waals surface area contributed by atoms with Crippen LogP contribution in [0.25, 0.3) is 0 Å². The van der Waals surface area contributed by atoms with E-state index in [0.29, 0.717) is 18.5 Å².